The van der Waals surface area contributed by atoms with E-state index in [2.05, 4.69) is 21.0 Å². The van der Waals surface area contributed by atoms with Gasteiger partial charge in [-0.2, -0.15) is 5.10 Å². The lowest BCUT2D eigenvalue weighted by molar-refractivity contribution is -0.142. The lowest BCUT2D eigenvalue weighted by atomic mass is 10.0. The van der Waals surface area contributed by atoms with E-state index in [0.717, 1.165) is 10.2 Å². The Bertz CT molecular complexity index is 539. The van der Waals surface area contributed by atoms with Crippen molar-refractivity contribution in [2.45, 2.75) is 6.92 Å². The number of hydrogen-bond donors (Lipinski definition) is 0. The highest BCUT2D eigenvalue weighted by Crippen LogP contribution is 2.25. The molecule has 0 N–H and O–H groups in total. The number of rotatable bonds is 3. The van der Waals surface area contributed by atoms with Gasteiger partial charge < -0.3 is 4.74 Å². The fraction of sp³-hybridized carbons (Fsp3) is 0.308. The van der Waals surface area contributed by atoms with Crippen molar-refractivity contribution < 1.29 is 14.3 Å². The molecule has 0 saturated heterocycles. The van der Waals surface area contributed by atoms with Crippen molar-refractivity contribution in [3.05, 3.63) is 28.7 Å². The average molecular weight is 325 g/mol. The van der Waals surface area contributed by atoms with E-state index in [-0.39, 0.29) is 11.5 Å². The van der Waals surface area contributed by atoms with Gasteiger partial charge in [0.05, 0.1) is 19.3 Å². The minimum atomic E-state index is -0.619. The molecular weight excluding hydrogens is 312 g/mol. The van der Waals surface area contributed by atoms with E-state index < -0.39 is 11.9 Å². The van der Waals surface area contributed by atoms with Gasteiger partial charge in [0.25, 0.3) is 0 Å². The Morgan fingerprint density at radius 1 is 1.37 bits per heavy atom. The van der Waals surface area contributed by atoms with Crippen LogP contribution in [0.3, 0.4) is 0 Å². The van der Waals surface area contributed by atoms with E-state index in [9.17, 15) is 9.59 Å². The number of methoxy groups -OCH3 is 1. The zero-order chi connectivity index (χ0) is 14.0. The summed E-state index contributed by atoms with van der Waals surface area (Å²) in [6.45, 7) is 1.73. The summed E-state index contributed by atoms with van der Waals surface area (Å²) in [7, 11) is 1.31. The van der Waals surface area contributed by atoms with Gasteiger partial charge in [0, 0.05) is 11.4 Å². The Balaban J connectivity index is 2.28. The normalized spacial score (nSPS) is 18.2. The van der Waals surface area contributed by atoms with Crippen LogP contribution in [0, 0.1) is 5.92 Å². The molecule has 0 amide bonds. The molecule has 0 unspecified atom stereocenters. The van der Waals surface area contributed by atoms with E-state index in [1.165, 1.54) is 14.0 Å². The second-order valence-corrected chi connectivity index (χ2v) is 5.09. The Hall–Kier alpha value is -1.69. The van der Waals surface area contributed by atoms with Gasteiger partial charge in [0.2, 0.25) is 0 Å². The van der Waals surface area contributed by atoms with E-state index in [1.54, 1.807) is 5.01 Å². The number of anilines is 1. The number of carbonyl (C=O) groups excluding carboxylic acids is 2. The van der Waals surface area contributed by atoms with Crippen LogP contribution < -0.4 is 5.01 Å². The third kappa shape index (κ3) is 2.84. The summed E-state index contributed by atoms with van der Waals surface area (Å²) in [5.74, 6) is -1.27. The molecule has 1 atom stereocenters. The van der Waals surface area contributed by atoms with Gasteiger partial charge in [-0.05, 0) is 24.3 Å². The van der Waals surface area contributed by atoms with Crippen LogP contribution in [0.2, 0.25) is 0 Å². The lowest BCUT2D eigenvalue weighted by Crippen LogP contribution is -2.30. The van der Waals surface area contributed by atoms with Gasteiger partial charge in [-0.1, -0.05) is 15.9 Å². The number of esters is 1. The van der Waals surface area contributed by atoms with Crippen molar-refractivity contribution in [1.29, 1.82) is 0 Å². The summed E-state index contributed by atoms with van der Waals surface area (Å²) in [6, 6.07) is 7.49. The van der Waals surface area contributed by atoms with Gasteiger partial charge in [-0.3, -0.25) is 14.6 Å². The second-order valence-electron chi connectivity index (χ2n) is 4.18. The number of benzene rings is 1. The van der Waals surface area contributed by atoms with Crippen LogP contribution in [-0.4, -0.2) is 31.1 Å². The first-order chi connectivity index (χ1) is 9.02. The van der Waals surface area contributed by atoms with Crippen molar-refractivity contribution in [2.75, 3.05) is 18.7 Å². The molecule has 0 aromatic heterocycles. The van der Waals surface area contributed by atoms with Crippen LogP contribution in [0.1, 0.15) is 6.92 Å². The second kappa shape index (κ2) is 5.52. The predicted molar refractivity (Wildman–Crippen MR) is 75.1 cm³/mol. The minimum absolute atomic E-state index is 0.213. The number of hydrazone groups is 1. The number of carbonyl (C=O) groups is 2. The number of hydrogen-bond acceptors (Lipinski definition) is 5. The highest BCUT2D eigenvalue weighted by atomic mass is 79.9. The van der Waals surface area contributed by atoms with E-state index in [1.807, 2.05) is 24.3 Å². The zero-order valence-electron chi connectivity index (χ0n) is 10.6. The summed E-state index contributed by atoms with van der Waals surface area (Å²) < 4.78 is 5.67. The standard InChI is InChI=1S/C13H13BrN2O3/c1-8(17)12-11(13(18)19-2)7-16(15-12)10-5-3-9(14)4-6-10/h3-6,11H,7H2,1-2H3/t11-/m0/s1. The maximum atomic E-state index is 11.7. The first-order valence-electron chi connectivity index (χ1n) is 5.73. The maximum Gasteiger partial charge on any atom is 0.316 e. The number of ether oxygens (including phenoxy) is 1. The molecule has 1 heterocycles. The first kappa shape index (κ1) is 13.7. The van der Waals surface area contributed by atoms with Crippen molar-refractivity contribution >= 4 is 39.1 Å². The number of Topliss-reactive ketones (excluding diaryl/α,β-unsaturated/α-hetero) is 1. The Labute approximate surface area is 119 Å². The SMILES string of the molecule is COC(=O)[C@H]1CN(c2ccc(Br)cc2)N=C1C(C)=O. The molecule has 6 heteroatoms. The van der Waals surface area contributed by atoms with E-state index >= 15 is 0 Å². The molecule has 1 aromatic rings. The molecule has 0 saturated carbocycles. The summed E-state index contributed by atoms with van der Waals surface area (Å²) in [5, 5.41) is 5.87. The highest BCUT2D eigenvalue weighted by molar-refractivity contribution is 9.10. The van der Waals surface area contributed by atoms with Crippen LogP contribution in [0.25, 0.3) is 0 Å². The van der Waals surface area contributed by atoms with Crippen LogP contribution in [0.15, 0.2) is 33.8 Å². The lowest BCUT2D eigenvalue weighted by Gasteiger charge is -2.14. The van der Waals surface area contributed by atoms with Crippen LogP contribution in [0.5, 0.6) is 0 Å². The topological polar surface area (TPSA) is 59.0 Å². The molecule has 0 fully saturated rings. The molecule has 2 rings (SSSR count). The molecule has 0 radical (unpaired) electrons. The number of halogens is 1. The molecule has 1 aliphatic rings. The molecule has 5 nitrogen and oxygen atoms in total. The van der Waals surface area contributed by atoms with Gasteiger partial charge >= 0.3 is 5.97 Å². The van der Waals surface area contributed by atoms with E-state index in [4.69, 9.17) is 4.74 Å². The molecule has 19 heavy (non-hydrogen) atoms. The Morgan fingerprint density at radius 3 is 2.53 bits per heavy atom. The Morgan fingerprint density at radius 2 is 2.00 bits per heavy atom. The predicted octanol–water partition coefficient (Wildman–Crippen LogP) is 2.00. The molecule has 0 bridgehead atoms. The first-order valence-corrected chi connectivity index (χ1v) is 6.52. The molecular formula is C13H13BrN2O3. The van der Waals surface area contributed by atoms with Crippen molar-refractivity contribution in [3.63, 3.8) is 0 Å². The summed E-state index contributed by atoms with van der Waals surface area (Å²) >= 11 is 3.35. The average Bonchev–Trinajstić information content (AvgIpc) is 2.84. The zero-order valence-corrected chi connectivity index (χ0v) is 12.2. The molecule has 0 spiro atoms. The Kier molecular flexibility index (Phi) is 3.99. The molecule has 0 aliphatic carbocycles. The maximum absolute atomic E-state index is 11.7. The summed E-state index contributed by atoms with van der Waals surface area (Å²) in [5.41, 5.74) is 1.07. The minimum Gasteiger partial charge on any atom is -0.468 e. The smallest absolute Gasteiger partial charge is 0.316 e. The number of nitrogens with zero attached hydrogens (tertiary/aromatic N) is 2. The largest absolute Gasteiger partial charge is 0.468 e. The monoisotopic (exact) mass is 324 g/mol. The highest BCUT2D eigenvalue weighted by Gasteiger charge is 2.36. The van der Waals surface area contributed by atoms with Gasteiger partial charge in [-0.15, -0.1) is 0 Å². The van der Waals surface area contributed by atoms with E-state index in [0.29, 0.717) is 6.54 Å². The summed E-state index contributed by atoms with van der Waals surface area (Å²) in [4.78, 5) is 23.2. The third-order valence-corrected chi connectivity index (χ3v) is 3.41. The van der Waals surface area contributed by atoms with Crippen molar-refractivity contribution in [1.82, 2.24) is 0 Å². The molecule has 1 aromatic carbocycles. The fourth-order valence-corrected chi connectivity index (χ4v) is 2.18. The van der Waals surface area contributed by atoms with Crippen LogP contribution in [-0.2, 0) is 14.3 Å². The quantitative estimate of drug-likeness (QED) is 0.798. The molecule has 1 aliphatic heterocycles. The molecule has 100 valence electrons. The van der Waals surface area contributed by atoms with Crippen LogP contribution >= 0.6 is 15.9 Å². The van der Waals surface area contributed by atoms with Gasteiger partial charge in [-0.25, -0.2) is 0 Å². The van der Waals surface area contributed by atoms with Crippen molar-refractivity contribution in [3.8, 4) is 0 Å². The van der Waals surface area contributed by atoms with Gasteiger partial charge in [0.1, 0.15) is 11.6 Å². The van der Waals surface area contributed by atoms with Crippen LogP contribution in [0.4, 0.5) is 5.69 Å². The summed E-state index contributed by atoms with van der Waals surface area (Å²) in [6.07, 6.45) is 0. The number of ketones is 1. The fourth-order valence-electron chi connectivity index (χ4n) is 1.92. The van der Waals surface area contributed by atoms with Gasteiger partial charge in [0.15, 0.2) is 5.78 Å². The third-order valence-electron chi connectivity index (χ3n) is 2.89. The van der Waals surface area contributed by atoms with Crippen molar-refractivity contribution in [2.24, 2.45) is 11.0 Å².